The first-order valence-corrected chi connectivity index (χ1v) is 16.7. The highest BCUT2D eigenvalue weighted by atomic mass is 79.9. The van der Waals surface area contributed by atoms with Crippen LogP contribution in [0.3, 0.4) is 0 Å². The zero-order valence-corrected chi connectivity index (χ0v) is 29.2. The van der Waals surface area contributed by atoms with Gasteiger partial charge in [-0.1, -0.05) is 81.5 Å². The topological polar surface area (TPSA) is 64.6 Å². The van der Waals surface area contributed by atoms with Crippen molar-refractivity contribution < 1.29 is 40.5 Å². The van der Waals surface area contributed by atoms with Crippen molar-refractivity contribution >= 4 is 17.6 Å². The smallest absolute Gasteiger partial charge is 0.338 e. The number of benzene rings is 3. The van der Waals surface area contributed by atoms with Crippen LogP contribution in [0.25, 0.3) is 0 Å². The van der Waals surface area contributed by atoms with Crippen molar-refractivity contribution in [2.45, 2.75) is 78.6 Å². The van der Waals surface area contributed by atoms with E-state index in [2.05, 4.69) is 56.4 Å². The number of esters is 1. The van der Waals surface area contributed by atoms with Crippen molar-refractivity contribution in [3.63, 3.8) is 0 Å². The molecule has 0 fully saturated rings. The van der Waals surface area contributed by atoms with E-state index in [0.717, 1.165) is 62.8 Å². The van der Waals surface area contributed by atoms with Crippen molar-refractivity contribution in [1.82, 2.24) is 0 Å². The fourth-order valence-corrected chi connectivity index (χ4v) is 5.54. The maximum atomic E-state index is 13.0. The van der Waals surface area contributed by atoms with Crippen molar-refractivity contribution in [1.29, 1.82) is 0 Å². The Morgan fingerprint density at radius 3 is 2.07 bits per heavy atom. The molecule has 0 spiro atoms. The minimum absolute atomic E-state index is 0. The highest BCUT2D eigenvalue weighted by Crippen LogP contribution is 2.21. The number of unbranched alkanes of at least 4 members (excludes halogenated alkanes) is 6. The highest BCUT2D eigenvalue weighted by Gasteiger charge is 2.23. The molecule has 1 amide bonds. The number of amides is 1. The van der Waals surface area contributed by atoms with Gasteiger partial charge in [-0.15, -0.1) is 0 Å². The summed E-state index contributed by atoms with van der Waals surface area (Å²) in [5.74, 6) is 0.00478. The van der Waals surface area contributed by atoms with Gasteiger partial charge < -0.3 is 36.3 Å². The number of carbonyl (C=O) groups is 2. The van der Waals surface area contributed by atoms with E-state index < -0.39 is 0 Å². The predicted molar refractivity (Wildman–Crippen MR) is 180 cm³/mol. The van der Waals surface area contributed by atoms with E-state index in [4.69, 9.17) is 9.47 Å². The quantitative estimate of drug-likeness (QED) is 0.0889. The number of para-hydroxylation sites is 1. The number of ether oxygens (including phenoxy) is 2. The molecule has 3 aromatic carbocycles. The summed E-state index contributed by atoms with van der Waals surface area (Å²) in [7, 11) is 0. The van der Waals surface area contributed by atoms with Gasteiger partial charge in [0.25, 0.3) is 5.91 Å². The molecule has 0 aromatic heterocycles. The minimum Gasteiger partial charge on any atom is -1.00 e. The van der Waals surface area contributed by atoms with Crippen LogP contribution in [0, 0.1) is 0 Å². The molecule has 0 saturated heterocycles. The Morgan fingerprint density at radius 2 is 1.36 bits per heavy atom. The molecule has 6 nitrogen and oxygen atoms in total. The van der Waals surface area contributed by atoms with E-state index >= 15 is 0 Å². The van der Waals surface area contributed by atoms with Gasteiger partial charge in [0, 0.05) is 5.69 Å². The van der Waals surface area contributed by atoms with E-state index in [0.29, 0.717) is 35.8 Å². The third-order valence-electron chi connectivity index (χ3n) is 8.60. The van der Waals surface area contributed by atoms with Gasteiger partial charge in [0.05, 0.1) is 37.4 Å². The molecule has 0 atom stereocenters. The number of halogens is 1. The number of aryl methyl sites for hydroxylation is 1. The normalized spacial score (nSPS) is 11.0. The second kappa shape index (κ2) is 21.6. The van der Waals surface area contributed by atoms with Gasteiger partial charge in [0.15, 0.2) is 0 Å². The van der Waals surface area contributed by atoms with Crippen LogP contribution in [0.1, 0.15) is 98.4 Å². The van der Waals surface area contributed by atoms with E-state index in [1.807, 2.05) is 18.2 Å². The van der Waals surface area contributed by atoms with Crippen LogP contribution < -0.4 is 27.0 Å². The van der Waals surface area contributed by atoms with Crippen LogP contribution in [-0.2, 0) is 11.2 Å². The summed E-state index contributed by atoms with van der Waals surface area (Å²) in [6.07, 6.45) is 10.5. The molecule has 0 heterocycles. The van der Waals surface area contributed by atoms with Crippen LogP contribution in [0.5, 0.6) is 5.75 Å². The molecule has 246 valence electrons. The molecule has 0 radical (unpaired) electrons. The number of hydrogen-bond acceptors (Lipinski definition) is 4. The number of nitrogens with zero attached hydrogens (tertiary/aromatic N) is 1. The molecule has 45 heavy (non-hydrogen) atoms. The summed E-state index contributed by atoms with van der Waals surface area (Å²) in [5.41, 5.74) is 2.96. The molecular weight excluding hydrogens is 628 g/mol. The SMILES string of the molecule is CCCCCCCCOc1ccccc1C(=O)Nc1ccc(C(=O)OCC[N+](CC)(CC)CCCCc2ccccc2)cc1.[Br-]. The molecule has 0 bridgehead atoms. The lowest BCUT2D eigenvalue weighted by Gasteiger charge is -2.36. The van der Waals surface area contributed by atoms with E-state index in [1.54, 1.807) is 30.3 Å². The molecule has 7 heteroatoms. The number of quaternary nitrogens is 1. The first-order chi connectivity index (χ1) is 21.5. The van der Waals surface area contributed by atoms with E-state index in [1.165, 1.54) is 31.2 Å². The average Bonchev–Trinajstić information content (AvgIpc) is 3.06. The van der Waals surface area contributed by atoms with Crippen LogP contribution >= 0.6 is 0 Å². The molecule has 1 N–H and O–H groups in total. The monoisotopic (exact) mass is 680 g/mol. The molecule has 0 aliphatic heterocycles. The minimum atomic E-state index is -0.342. The second-order valence-electron chi connectivity index (χ2n) is 11.6. The molecule has 0 aliphatic rings. The molecule has 0 aliphatic carbocycles. The Hall–Kier alpha value is -3.16. The molecule has 3 rings (SSSR count). The lowest BCUT2D eigenvalue weighted by Crippen LogP contribution is -3.00. The van der Waals surface area contributed by atoms with Gasteiger partial charge in [0.2, 0.25) is 0 Å². The van der Waals surface area contributed by atoms with Gasteiger partial charge in [-0.25, -0.2) is 4.79 Å². The van der Waals surface area contributed by atoms with E-state index in [9.17, 15) is 9.59 Å². The van der Waals surface area contributed by atoms with Crippen molar-refractivity contribution in [3.05, 3.63) is 95.6 Å². The van der Waals surface area contributed by atoms with E-state index in [-0.39, 0.29) is 28.9 Å². The summed E-state index contributed by atoms with van der Waals surface area (Å²) < 4.78 is 12.6. The largest absolute Gasteiger partial charge is 1.00 e. The third kappa shape index (κ3) is 13.4. The Morgan fingerprint density at radius 1 is 0.689 bits per heavy atom. The summed E-state index contributed by atoms with van der Waals surface area (Å²) >= 11 is 0. The van der Waals surface area contributed by atoms with Crippen molar-refractivity contribution in [3.8, 4) is 5.75 Å². The Kier molecular flexibility index (Phi) is 18.2. The third-order valence-corrected chi connectivity index (χ3v) is 8.60. The van der Waals surface area contributed by atoms with Crippen LogP contribution in [-0.4, -0.2) is 55.8 Å². The average molecular weight is 682 g/mol. The number of likely N-dealkylation sites (N-methyl/N-ethyl adjacent to an activating group) is 1. The van der Waals surface area contributed by atoms with Gasteiger partial charge in [0.1, 0.15) is 18.9 Å². The van der Waals surface area contributed by atoms with Crippen LogP contribution in [0.4, 0.5) is 5.69 Å². The standard InChI is InChI=1S/C38H52N2O4.BrH/c1-4-7-8-9-10-18-30-43-36-23-15-14-22-35(36)37(41)39-34-26-24-33(25-27-34)38(42)44-31-29-40(5-2,6-3)28-17-16-21-32-19-12-11-13-20-32;/h11-15,19-20,22-27H,4-10,16-18,21,28-31H2,1-3H3;1H. The molecule has 3 aromatic rings. The van der Waals surface area contributed by atoms with Crippen LogP contribution in [0.15, 0.2) is 78.9 Å². The van der Waals surface area contributed by atoms with Gasteiger partial charge in [-0.3, -0.25) is 4.79 Å². The Labute approximate surface area is 281 Å². The van der Waals surface area contributed by atoms with Crippen molar-refractivity contribution in [2.24, 2.45) is 0 Å². The lowest BCUT2D eigenvalue weighted by atomic mass is 10.1. The summed E-state index contributed by atoms with van der Waals surface area (Å²) in [5, 5.41) is 2.93. The maximum absolute atomic E-state index is 13.0. The number of hydrogen-bond donors (Lipinski definition) is 1. The first kappa shape index (κ1) is 38.0. The van der Waals surface area contributed by atoms with Gasteiger partial charge in [-0.05, 0) is 81.5 Å². The van der Waals surface area contributed by atoms with Gasteiger partial charge >= 0.3 is 5.97 Å². The zero-order valence-electron chi connectivity index (χ0n) is 27.6. The van der Waals surface area contributed by atoms with Crippen LogP contribution in [0.2, 0.25) is 0 Å². The fourth-order valence-electron chi connectivity index (χ4n) is 5.54. The summed E-state index contributed by atoms with van der Waals surface area (Å²) in [6, 6.07) is 24.8. The fraction of sp³-hybridized carbons (Fsp3) is 0.474. The number of carbonyl (C=O) groups excluding carboxylic acids is 2. The predicted octanol–water partition coefficient (Wildman–Crippen LogP) is 5.72. The highest BCUT2D eigenvalue weighted by molar-refractivity contribution is 6.06. The Bertz CT molecular complexity index is 1250. The summed E-state index contributed by atoms with van der Waals surface area (Å²) in [4.78, 5) is 25.8. The first-order valence-electron chi connectivity index (χ1n) is 16.7. The maximum Gasteiger partial charge on any atom is 0.338 e. The Balaban J connectivity index is 0.00000705. The number of nitrogens with one attached hydrogen (secondary N) is 1. The zero-order chi connectivity index (χ0) is 31.5. The number of anilines is 1. The molecule has 0 saturated carbocycles. The molecular formula is C38H53BrN2O4. The second-order valence-corrected chi connectivity index (χ2v) is 11.6. The number of rotatable bonds is 21. The molecule has 0 unspecified atom stereocenters. The van der Waals surface area contributed by atoms with Crippen molar-refractivity contribution in [2.75, 3.05) is 44.7 Å². The lowest BCUT2D eigenvalue weighted by molar-refractivity contribution is -0.925. The van der Waals surface area contributed by atoms with Gasteiger partial charge in [-0.2, -0.15) is 0 Å². The summed E-state index contributed by atoms with van der Waals surface area (Å²) in [6.45, 7) is 11.5.